The second-order valence-electron chi connectivity index (χ2n) is 4.75. The highest BCUT2D eigenvalue weighted by Gasteiger charge is 2.27. The fraction of sp³-hybridized carbons (Fsp3) is 0.250. The summed E-state index contributed by atoms with van der Waals surface area (Å²) in [5, 5.41) is 0. The molecule has 96 valence electrons. The van der Waals surface area contributed by atoms with Crippen LogP contribution in [0.15, 0.2) is 42.6 Å². The van der Waals surface area contributed by atoms with E-state index in [-0.39, 0.29) is 5.78 Å². The van der Waals surface area contributed by atoms with E-state index in [1.807, 2.05) is 37.3 Å². The summed E-state index contributed by atoms with van der Waals surface area (Å²) < 4.78 is 5.67. The van der Waals surface area contributed by atoms with Crippen LogP contribution in [0.25, 0.3) is 0 Å². The molecule has 0 saturated carbocycles. The van der Waals surface area contributed by atoms with Gasteiger partial charge in [-0.15, -0.1) is 0 Å². The second kappa shape index (κ2) is 4.94. The third-order valence-electron chi connectivity index (χ3n) is 3.43. The number of aryl methyl sites for hydroxylation is 1. The Hall–Kier alpha value is -2.00. The molecular formula is C16H15NO2. The molecule has 0 saturated heterocycles. The number of nitrogens with zero attached hydrogens (tertiary/aromatic N) is 1. The number of rotatable bonds is 2. The fourth-order valence-corrected chi connectivity index (χ4v) is 2.38. The van der Waals surface area contributed by atoms with Crippen molar-refractivity contribution in [1.29, 1.82) is 0 Å². The summed E-state index contributed by atoms with van der Waals surface area (Å²) in [7, 11) is 0. The van der Waals surface area contributed by atoms with Crippen molar-refractivity contribution in [3.05, 3.63) is 65.0 Å². The number of fused-ring (bicyclic) bond motifs is 1. The molecule has 1 aromatic carbocycles. The summed E-state index contributed by atoms with van der Waals surface area (Å²) in [6.45, 7) is 2.49. The average Bonchev–Trinajstić information content (AvgIpc) is 2.47. The Balaban J connectivity index is 1.95. The van der Waals surface area contributed by atoms with E-state index in [2.05, 4.69) is 11.1 Å². The predicted molar refractivity (Wildman–Crippen MR) is 72.1 cm³/mol. The van der Waals surface area contributed by atoms with Gasteiger partial charge in [0.15, 0.2) is 5.78 Å². The first kappa shape index (κ1) is 12.1. The highest BCUT2D eigenvalue weighted by atomic mass is 16.5. The summed E-state index contributed by atoms with van der Waals surface area (Å²) in [5.41, 5.74) is 3.69. The van der Waals surface area contributed by atoms with Gasteiger partial charge < -0.3 is 4.74 Å². The maximum absolute atomic E-state index is 12.5. The molecule has 0 bridgehead atoms. The summed E-state index contributed by atoms with van der Waals surface area (Å²) >= 11 is 0. The number of carbonyl (C=O) groups is 1. The van der Waals surface area contributed by atoms with Gasteiger partial charge >= 0.3 is 0 Å². The first-order valence-electron chi connectivity index (χ1n) is 6.42. The van der Waals surface area contributed by atoms with Gasteiger partial charge in [-0.05, 0) is 36.6 Å². The highest BCUT2D eigenvalue weighted by Crippen LogP contribution is 2.29. The van der Waals surface area contributed by atoms with Gasteiger partial charge in [-0.2, -0.15) is 0 Å². The number of carbonyl (C=O) groups excluding carboxylic acids is 1. The van der Waals surface area contributed by atoms with E-state index < -0.39 is 6.10 Å². The van der Waals surface area contributed by atoms with Gasteiger partial charge in [0.05, 0.1) is 6.61 Å². The van der Waals surface area contributed by atoms with Gasteiger partial charge in [0.1, 0.15) is 6.10 Å². The molecule has 1 aliphatic rings. The molecule has 0 amide bonds. The summed E-state index contributed by atoms with van der Waals surface area (Å²) in [6.07, 6.45) is 2.00. The first-order valence-corrected chi connectivity index (χ1v) is 6.42. The normalized spacial score (nSPS) is 17.8. The molecule has 19 heavy (non-hydrogen) atoms. The maximum Gasteiger partial charge on any atom is 0.197 e. The minimum atomic E-state index is -0.491. The number of pyridine rings is 1. The standard InChI is InChI=1S/C16H15NO2/c1-11-6-7-13(10-17-11)15(18)16-14-5-3-2-4-12(14)8-9-19-16/h2-7,10,16H,8-9H2,1H3. The lowest BCUT2D eigenvalue weighted by atomic mass is 9.93. The minimum absolute atomic E-state index is 0.0142. The average molecular weight is 253 g/mol. The summed E-state index contributed by atoms with van der Waals surface area (Å²) in [6, 6.07) is 11.6. The third-order valence-corrected chi connectivity index (χ3v) is 3.43. The molecule has 2 aromatic rings. The van der Waals surface area contributed by atoms with Crippen molar-refractivity contribution in [3.63, 3.8) is 0 Å². The van der Waals surface area contributed by atoms with Crippen LogP contribution in [0.1, 0.15) is 33.3 Å². The van der Waals surface area contributed by atoms with Gasteiger partial charge in [0.25, 0.3) is 0 Å². The topological polar surface area (TPSA) is 39.2 Å². The van der Waals surface area contributed by atoms with Crippen molar-refractivity contribution < 1.29 is 9.53 Å². The Bertz CT molecular complexity index is 604. The molecule has 1 atom stereocenters. The lowest BCUT2D eigenvalue weighted by molar-refractivity contribution is 0.0348. The van der Waals surface area contributed by atoms with Crippen LogP contribution in [0.2, 0.25) is 0 Å². The van der Waals surface area contributed by atoms with Crippen LogP contribution in [0.3, 0.4) is 0 Å². The van der Waals surface area contributed by atoms with Crippen LogP contribution < -0.4 is 0 Å². The first-order chi connectivity index (χ1) is 9.25. The summed E-state index contributed by atoms with van der Waals surface area (Å²) in [4.78, 5) is 16.7. The van der Waals surface area contributed by atoms with E-state index in [1.165, 1.54) is 5.56 Å². The number of hydrogen-bond acceptors (Lipinski definition) is 3. The van der Waals surface area contributed by atoms with Crippen LogP contribution in [-0.2, 0) is 11.2 Å². The number of hydrogen-bond donors (Lipinski definition) is 0. The molecule has 0 radical (unpaired) electrons. The largest absolute Gasteiger partial charge is 0.365 e. The van der Waals surface area contributed by atoms with E-state index in [1.54, 1.807) is 6.20 Å². The maximum atomic E-state index is 12.5. The van der Waals surface area contributed by atoms with Gasteiger partial charge in [0.2, 0.25) is 0 Å². The second-order valence-corrected chi connectivity index (χ2v) is 4.75. The Morgan fingerprint density at radius 3 is 2.89 bits per heavy atom. The Morgan fingerprint density at radius 1 is 1.26 bits per heavy atom. The molecule has 0 fully saturated rings. The van der Waals surface area contributed by atoms with E-state index in [9.17, 15) is 4.79 Å². The van der Waals surface area contributed by atoms with E-state index in [0.29, 0.717) is 12.2 Å². The molecule has 0 spiro atoms. The Labute approximate surface area is 112 Å². The number of ketones is 1. The monoisotopic (exact) mass is 253 g/mol. The van der Waals surface area contributed by atoms with Gasteiger partial charge in [-0.25, -0.2) is 0 Å². The van der Waals surface area contributed by atoms with Gasteiger partial charge in [0, 0.05) is 17.5 Å². The molecule has 1 unspecified atom stereocenters. The van der Waals surface area contributed by atoms with Crippen molar-refractivity contribution >= 4 is 5.78 Å². The lowest BCUT2D eigenvalue weighted by Gasteiger charge is -2.24. The molecular weight excluding hydrogens is 238 g/mol. The van der Waals surface area contributed by atoms with Crippen LogP contribution in [-0.4, -0.2) is 17.4 Å². The van der Waals surface area contributed by atoms with Crippen molar-refractivity contribution in [2.75, 3.05) is 6.61 Å². The third kappa shape index (κ3) is 2.29. The molecule has 1 aliphatic heterocycles. The Morgan fingerprint density at radius 2 is 2.11 bits per heavy atom. The number of ether oxygens (including phenoxy) is 1. The predicted octanol–water partition coefficient (Wildman–Crippen LogP) is 2.89. The molecule has 3 rings (SSSR count). The highest BCUT2D eigenvalue weighted by molar-refractivity contribution is 6.00. The van der Waals surface area contributed by atoms with Crippen LogP contribution >= 0.6 is 0 Å². The quantitative estimate of drug-likeness (QED) is 0.772. The van der Waals surface area contributed by atoms with E-state index in [4.69, 9.17) is 4.74 Å². The zero-order chi connectivity index (χ0) is 13.2. The number of Topliss-reactive ketones (excluding diaryl/α,β-unsaturated/α-hetero) is 1. The smallest absolute Gasteiger partial charge is 0.197 e. The molecule has 0 N–H and O–H groups in total. The van der Waals surface area contributed by atoms with Crippen LogP contribution in [0.5, 0.6) is 0 Å². The summed E-state index contributed by atoms with van der Waals surface area (Å²) in [5.74, 6) is -0.0142. The van der Waals surface area contributed by atoms with E-state index >= 15 is 0 Å². The molecule has 3 nitrogen and oxygen atoms in total. The molecule has 0 aliphatic carbocycles. The van der Waals surface area contributed by atoms with Crippen LogP contribution in [0.4, 0.5) is 0 Å². The SMILES string of the molecule is Cc1ccc(C(=O)C2OCCc3ccccc32)cn1. The molecule has 2 heterocycles. The zero-order valence-corrected chi connectivity index (χ0v) is 10.8. The lowest BCUT2D eigenvalue weighted by Crippen LogP contribution is -2.23. The van der Waals surface area contributed by atoms with E-state index in [0.717, 1.165) is 17.7 Å². The van der Waals surface area contributed by atoms with Gasteiger partial charge in [-0.1, -0.05) is 24.3 Å². The van der Waals surface area contributed by atoms with Crippen LogP contribution in [0, 0.1) is 6.92 Å². The minimum Gasteiger partial charge on any atom is -0.365 e. The van der Waals surface area contributed by atoms with Gasteiger partial charge in [-0.3, -0.25) is 9.78 Å². The van der Waals surface area contributed by atoms with Crippen molar-refractivity contribution in [2.24, 2.45) is 0 Å². The number of aromatic nitrogens is 1. The van der Waals surface area contributed by atoms with Crippen molar-refractivity contribution in [2.45, 2.75) is 19.4 Å². The number of benzene rings is 1. The molecule has 1 aromatic heterocycles. The Kier molecular flexibility index (Phi) is 3.13. The molecule has 3 heteroatoms. The fourth-order valence-electron chi connectivity index (χ4n) is 2.38. The van der Waals surface area contributed by atoms with Crippen molar-refractivity contribution in [1.82, 2.24) is 4.98 Å². The zero-order valence-electron chi connectivity index (χ0n) is 10.8. The van der Waals surface area contributed by atoms with Crippen molar-refractivity contribution in [3.8, 4) is 0 Å².